The van der Waals surface area contributed by atoms with Gasteiger partial charge in [-0.25, -0.2) is 19.9 Å². The van der Waals surface area contributed by atoms with Crippen molar-refractivity contribution in [3.63, 3.8) is 0 Å². The maximum absolute atomic E-state index is 6.52. The molecule has 10 aromatic rings. The fourth-order valence-corrected chi connectivity index (χ4v) is 8.04. The molecule has 0 saturated carbocycles. The highest BCUT2D eigenvalue weighted by molar-refractivity contribution is 7.26. The van der Waals surface area contributed by atoms with E-state index in [-0.39, 0.29) is 0 Å². The van der Waals surface area contributed by atoms with E-state index in [2.05, 4.69) is 84.9 Å². The standard InChI is InChI=1S/C44H26N4OS/c1-4-14-27(15-5-1)34-26-35(46-43(45-34)28-16-6-2-7-17-28)30-21-13-25-37-38(30)32-22-12-23-33(42(32)50-37)40-41-39(31-20-10-11-24-36(31)49-41)47-44(48-40)29-18-8-3-9-19-29/h1-26H. The van der Waals surface area contributed by atoms with E-state index in [0.29, 0.717) is 17.2 Å². The number of rotatable bonds is 5. The van der Waals surface area contributed by atoms with Crippen LogP contribution in [0.2, 0.25) is 0 Å². The van der Waals surface area contributed by atoms with Gasteiger partial charge < -0.3 is 4.42 Å². The summed E-state index contributed by atoms with van der Waals surface area (Å²) in [6, 6.07) is 53.8. The highest BCUT2D eigenvalue weighted by atomic mass is 32.1. The maximum Gasteiger partial charge on any atom is 0.180 e. The van der Waals surface area contributed by atoms with Crippen LogP contribution in [-0.2, 0) is 0 Å². The second kappa shape index (κ2) is 11.6. The first kappa shape index (κ1) is 28.5. The van der Waals surface area contributed by atoms with Crippen molar-refractivity contribution < 1.29 is 4.42 Å². The Morgan fingerprint density at radius 3 is 1.82 bits per heavy atom. The monoisotopic (exact) mass is 658 g/mol. The van der Waals surface area contributed by atoms with Gasteiger partial charge in [-0.05, 0) is 24.3 Å². The van der Waals surface area contributed by atoms with E-state index < -0.39 is 0 Å². The van der Waals surface area contributed by atoms with E-state index in [1.807, 2.05) is 72.8 Å². The van der Waals surface area contributed by atoms with E-state index >= 15 is 0 Å². The first-order valence-electron chi connectivity index (χ1n) is 16.5. The van der Waals surface area contributed by atoms with E-state index in [1.165, 1.54) is 4.70 Å². The van der Waals surface area contributed by atoms with Crippen LogP contribution in [-0.4, -0.2) is 19.9 Å². The van der Waals surface area contributed by atoms with Crippen molar-refractivity contribution in [2.45, 2.75) is 0 Å². The minimum atomic E-state index is 0.668. The highest BCUT2D eigenvalue weighted by Gasteiger charge is 2.22. The lowest BCUT2D eigenvalue weighted by Gasteiger charge is -2.11. The summed E-state index contributed by atoms with van der Waals surface area (Å²) in [7, 11) is 0. The number of para-hydroxylation sites is 1. The Morgan fingerprint density at radius 2 is 1.06 bits per heavy atom. The van der Waals surface area contributed by atoms with Crippen molar-refractivity contribution in [1.82, 2.24) is 19.9 Å². The molecular formula is C44H26N4OS. The summed E-state index contributed by atoms with van der Waals surface area (Å²) in [5, 5.41) is 3.27. The topological polar surface area (TPSA) is 64.7 Å². The maximum atomic E-state index is 6.52. The number of benzene rings is 6. The van der Waals surface area contributed by atoms with Crippen molar-refractivity contribution in [3.05, 3.63) is 158 Å². The molecule has 0 radical (unpaired) electrons. The molecule has 0 fully saturated rings. The smallest absolute Gasteiger partial charge is 0.180 e. The van der Waals surface area contributed by atoms with Crippen molar-refractivity contribution in [1.29, 1.82) is 0 Å². The normalized spacial score (nSPS) is 11.6. The number of aromatic nitrogens is 4. The zero-order valence-corrected chi connectivity index (χ0v) is 27.4. The van der Waals surface area contributed by atoms with Gasteiger partial charge in [0.15, 0.2) is 17.2 Å². The van der Waals surface area contributed by atoms with Gasteiger partial charge in [0.1, 0.15) is 16.8 Å². The summed E-state index contributed by atoms with van der Waals surface area (Å²) in [6.07, 6.45) is 0. The van der Waals surface area contributed by atoms with Crippen LogP contribution < -0.4 is 0 Å². The quantitative estimate of drug-likeness (QED) is 0.184. The van der Waals surface area contributed by atoms with Gasteiger partial charge in [0, 0.05) is 53.4 Å². The predicted octanol–water partition coefficient (Wildman–Crippen LogP) is 11.9. The fourth-order valence-electron chi connectivity index (χ4n) is 6.80. The Balaban J connectivity index is 1.23. The molecule has 0 saturated heterocycles. The minimum absolute atomic E-state index is 0.668. The Bertz CT molecular complexity index is 2810. The summed E-state index contributed by atoms with van der Waals surface area (Å²) in [6.45, 7) is 0. The molecule has 234 valence electrons. The summed E-state index contributed by atoms with van der Waals surface area (Å²) in [5.41, 5.74) is 9.88. The Labute approximate surface area is 291 Å². The molecule has 6 heteroatoms. The molecule has 0 bridgehead atoms. The SMILES string of the molecule is c1ccc(-c2cc(-c3cccc4sc5c(-c6nc(-c7ccccc7)nc7c6oc6ccccc67)cccc5c34)nc(-c3ccccc3)n2)cc1. The molecule has 50 heavy (non-hydrogen) atoms. The third-order valence-electron chi connectivity index (χ3n) is 9.13. The van der Waals surface area contributed by atoms with Gasteiger partial charge in [0.25, 0.3) is 0 Å². The minimum Gasteiger partial charge on any atom is -0.452 e. The summed E-state index contributed by atoms with van der Waals surface area (Å²) in [4.78, 5) is 20.5. The average molecular weight is 659 g/mol. The van der Waals surface area contributed by atoms with Crippen LogP contribution in [0.1, 0.15) is 0 Å². The molecule has 0 unspecified atom stereocenters. The van der Waals surface area contributed by atoms with Gasteiger partial charge in [-0.3, -0.25) is 0 Å². The lowest BCUT2D eigenvalue weighted by atomic mass is 9.99. The number of furan rings is 1. The summed E-state index contributed by atoms with van der Waals surface area (Å²) in [5.74, 6) is 1.36. The Kier molecular flexibility index (Phi) is 6.60. The van der Waals surface area contributed by atoms with Crippen LogP contribution in [0.4, 0.5) is 0 Å². The van der Waals surface area contributed by atoms with Crippen LogP contribution in [0.15, 0.2) is 162 Å². The molecule has 0 spiro atoms. The van der Waals surface area contributed by atoms with Gasteiger partial charge in [-0.1, -0.05) is 133 Å². The molecule has 0 N–H and O–H groups in total. The van der Waals surface area contributed by atoms with Crippen LogP contribution in [0.3, 0.4) is 0 Å². The molecule has 0 aliphatic rings. The second-order valence-electron chi connectivity index (χ2n) is 12.2. The van der Waals surface area contributed by atoms with Gasteiger partial charge in [-0.2, -0.15) is 0 Å². The zero-order chi connectivity index (χ0) is 33.0. The van der Waals surface area contributed by atoms with Crippen molar-refractivity contribution in [2.24, 2.45) is 0 Å². The molecule has 6 aromatic carbocycles. The molecular weight excluding hydrogens is 633 g/mol. The van der Waals surface area contributed by atoms with Gasteiger partial charge in [0.05, 0.1) is 11.4 Å². The van der Waals surface area contributed by atoms with Crippen molar-refractivity contribution in [3.8, 4) is 56.5 Å². The van der Waals surface area contributed by atoms with E-state index in [0.717, 1.165) is 76.9 Å². The predicted molar refractivity (Wildman–Crippen MR) is 205 cm³/mol. The lowest BCUT2D eigenvalue weighted by Crippen LogP contribution is -1.96. The average Bonchev–Trinajstić information content (AvgIpc) is 3.77. The molecule has 5 nitrogen and oxygen atoms in total. The third kappa shape index (κ3) is 4.69. The van der Waals surface area contributed by atoms with E-state index in [9.17, 15) is 0 Å². The van der Waals surface area contributed by atoms with Gasteiger partial charge >= 0.3 is 0 Å². The van der Waals surface area contributed by atoms with Gasteiger partial charge in [-0.15, -0.1) is 11.3 Å². The second-order valence-corrected chi connectivity index (χ2v) is 13.2. The van der Waals surface area contributed by atoms with Crippen LogP contribution in [0.5, 0.6) is 0 Å². The zero-order valence-electron chi connectivity index (χ0n) is 26.6. The third-order valence-corrected chi connectivity index (χ3v) is 10.3. The number of fused-ring (bicyclic) bond motifs is 6. The molecule has 4 aromatic heterocycles. The first-order valence-corrected chi connectivity index (χ1v) is 17.3. The largest absolute Gasteiger partial charge is 0.452 e. The lowest BCUT2D eigenvalue weighted by molar-refractivity contribution is 0.667. The number of nitrogens with zero attached hydrogens (tertiary/aromatic N) is 4. The Hall–Kier alpha value is -6.50. The molecule has 0 amide bonds. The first-order chi connectivity index (χ1) is 24.8. The highest BCUT2D eigenvalue weighted by Crippen LogP contribution is 2.45. The Morgan fingerprint density at radius 1 is 0.460 bits per heavy atom. The van der Waals surface area contributed by atoms with Crippen LogP contribution >= 0.6 is 11.3 Å². The molecule has 0 aliphatic heterocycles. The van der Waals surface area contributed by atoms with Crippen LogP contribution in [0, 0.1) is 0 Å². The van der Waals surface area contributed by atoms with E-state index in [4.69, 9.17) is 24.4 Å². The molecule has 0 atom stereocenters. The van der Waals surface area contributed by atoms with Crippen molar-refractivity contribution >= 4 is 53.6 Å². The number of thiophene rings is 1. The molecule has 0 aliphatic carbocycles. The molecule has 10 rings (SSSR count). The summed E-state index contributed by atoms with van der Waals surface area (Å²) < 4.78 is 8.82. The number of hydrogen-bond donors (Lipinski definition) is 0. The number of hydrogen-bond acceptors (Lipinski definition) is 6. The molecule has 4 heterocycles. The fraction of sp³-hybridized carbons (Fsp3) is 0. The van der Waals surface area contributed by atoms with Crippen molar-refractivity contribution in [2.75, 3.05) is 0 Å². The summed E-state index contributed by atoms with van der Waals surface area (Å²) >= 11 is 1.76. The van der Waals surface area contributed by atoms with E-state index in [1.54, 1.807) is 11.3 Å². The van der Waals surface area contributed by atoms with Crippen LogP contribution in [0.25, 0.3) is 98.8 Å². The van der Waals surface area contributed by atoms with Gasteiger partial charge in [0.2, 0.25) is 0 Å².